The lowest BCUT2D eigenvalue weighted by atomic mass is 9.51. The molecule has 29 heavy (non-hydrogen) atoms. The highest BCUT2D eigenvalue weighted by Crippen LogP contribution is 2.57. The topological polar surface area (TPSA) is 54.9 Å². The van der Waals surface area contributed by atoms with Crippen molar-refractivity contribution in [2.45, 2.75) is 64.1 Å². The monoisotopic (exact) mass is 413 g/mol. The number of ether oxygens (including phenoxy) is 2. The molecule has 2 aliphatic carbocycles. The summed E-state index contributed by atoms with van der Waals surface area (Å²) < 4.78 is 47.0. The summed E-state index contributed by atoms with van der Waals surface area (Å²) in [5.74, 6) is 0.758. The summed E-state index contributed by atoms with van der Waals surface area (Å²) in [5.41, 5.74) is 1.99. The van der Waals surface area contributed by atoms with Gasteiger partial charge in [0.05, 0.1) is 12.7 Å². The van der Waals surface area contributed by atoms with Crippen LogP contribution in [0.3, 0.4) is 0 Å². The first-order valence-corrected chi connectivity index (χ1v) is 10.2. The van der Waals surface area contributed by atoms with E-state index >= 15 is 0 Å². The first-order chi connectivity index (χ1) is 13.9. The summed E-state index contributed by atoms with van der Waals surface area (Å²) in [5, 5.41) is 6.86. The van der Waals surface area contributed by atoms with Crippen LogP contribution < -0.4 is 10.6 Å². The van der Waals surface area contributed by atoms with Gasteiger partial charge in [-0.1, -0.05) is 30.7 Å². The molecule has 0 aromatic heterocycles. The van der Waals surface area contributed by atoms with Crippen molar-refractivity contribution in [3.63, 3.8) is 0 Å². The summed E-state index contributed by atoms with van der Waals surface area (Å²) in [7, 11) is 1.75. The minimum absolute atomic E-state index is 0.0544. The normalized spacial score (nSPS) is 23.4. The van der Waals surface area contributed by atoms with Crippen LogP contribution in [0.2, 0.25) is 0 Å². The quantitative estimate of drug-likeness (QED) is 0.503. The largest absolute Gasteiger partial charge is 0.411 e. The van der Waals surface area contributed by atoms with E-state index in [0.29, 0.717) is 24.3 Å². The standard InChI is InChI=1S/C21H30F3N3O2/c1-3-29-18-11-17(20(18)9-4-10-20)27-19(25-2)26-12-15-5-7-16(8-6-15)13-28-14-21(22,23)24/h5-8,17-18H,3-4,9-14H2,1-2H3,(H2,25,26,27). The number of hydrogen-bond acceptors (Lipinski definition) is 3. The highest BCUT2D eigenvalue weighted by atomic mass is 19.4. The molecule has 2 N–H and O–H groups in total. The van der Waals surface area contributed by atoms with Gasteiger partial charge in [-0.3, -0.25) is 4.99 Å². The molecule has 1 spiro atoms. The van der Waals surface area contributed by atoms with Crippen LogP contribution in [0, 0.1) is 5.41 Å². The Bertz CT molecular complexity index is 687. The van der Waals surface area contributed by atoms with E-state index in [4.69, 9.17) is 4.74 Å². The van der Waals surface area contributed by atoms with E-state index in [2.05, 4.69) is 20.4 Å². The third-order valence-corrected chi connectivity index (χ3v) is 5.99. The Morgan fingerprint density at radius 3 is 2.45 bits per heavy atom. The third-order valence-electron chi connectivity index (χ3n) is 5.99. The minimum Gasteiger partial charge on any atom is -0.378 e. The highest BCUT2D eigenvalue weighted by molar-refractivity contribution is 5.80. The molecule has 8 heteroatoms. The van der Waals surface area contributed by atoms with Crippen LogP contribution in [-0.4, -0.2) is 44.5 Å². The van der Waals surface area contributed by atoms with E-state index in [-0.39, 0.29) is 12.0 Å². The zero-order chi connectivity index (χ0) is 20.9. The molecule has 3 rings (SSSR count). The Morgan fingerprint density at radius 1 is 1.21 bits per heavy atom. The fraction of sp³-hybridized carbons (Fsp3) is 0.667. The Balaban J connectivity index is 1.44. The number of benzene rings is 1. The maximum absolute atomic E-state index is 12.1. The third kappa shape index (κ3) is 5.42. The number of aliphatic imine (C=N–C) groups is 1. The molecule has 2 atom stereocenters. The molecule has 0 bridgehead atoms. The summed E-state index contributed by atoms with van der Waals surface area (Å²) >= 11 is 0. The molecule has 0 aliphatic heterocycles. The number of guanidine groups is 1. The van der Waals surface area contributed by atoms with Gasteiger partial charge < -0.3 is 20.1 Å². The van der Waals surface area contributed by atoms with Crippen LogP contribution in [0.15, 0.2) is 29.3 Å². The van der Waals surface area contributed by atoms with E-state index in [0.717, 1.165) is 24.6 Å². The van der Waals surface area contributed by atoms with E-state index in [1.54, 1.807) is 19.2 Å². The van der Waals surface area contributed by atoms with Gasteiger partial charge >= 0.3 is 6.18 Å². The number of halogens is 3. The molecule has 162 valence electrons. The molecule has 2 saturated carbocycles. The molecule has 2 aliphatic rings. The molecule has 1 aromatic rings. The molecule has 1 aromatic carbocycles. The molecule has 0 radical (unpaired) electrons. The van der Waals surface area contributed by atoms with E-state index in [1.165, 1.54) is 19.3 Å². The molecule has 5 nitrogen and oxygen atoms in total. The van der Waals surface area contributed by atoms with E-state index in [1.807, 2.05) is 19.1 Å². The van der Waals surface area contributed by atoms with Gasteiger partial charge in [-0.15, -0.1) is 0 Å². The summed E-state index contributed by atoms with van der Waals surface area (Å²) in [4.78, 5) is 4.33. The molecule has 0 amide bonds. The van der Waals surface area contributed by atoms with E-state index in [9.17, 15) is 13.2 Å². The van der Waals surface area contributed by atoms with Crippen LogP contribution in [-0.2, 0) is 22.6 Å². The minimum atomic E-state index is -4.30. The lowest BCUT2D eigenvalue weighted by molar-refractivity contribution is -0.176. The van der Waals surface area contributed by atoms with E-state index < -0.39 is 12.8 Å². The van der Waals surface area contributed by atoms with Crippen molar-refractivity contribution in [3.8, 4) is 0 Å². The van der Waals surface area contributed by atoms with Crippen molar-refractivity contribution >= 4 is 5.96 Å². The molecular weight excluding hydrogens is 383 g/mol. The van der Waals surface area contributed by atoms with Gasteiger partial charge in [-0.25, -0.2) is 0 Å². The fourth-order valence-electron chi connectivity index (χ4n) is 4.22. The highest BCUT2D eigenvalue weighted by Gasteiger charge is 2.59. The van der Waals surface area contributed by atoms with Gasteiger partial charge in [0.1, 0.15) is 6.61 Å². The van der Waals surface area contributed by atoms with Crippen LogP contribution in [0.25, 0.3) is 0 Å². The summed E-state index contributed by atoms with van der Waals surface area (Å²) in [6.45, 7) is 2.09. The number of nitrogens with one attached hydrogen (secondary N) is 2. The molecule has 2 unspecified atom stereocenters. The molecule has 0 heterocycles. The van der Waals surface area contributed by atoms with Crippen LogP contribution in [0.4, 0.5) is 13.2 Å². The zero-order valence-corrected chi connectivity index (χ0v) is 17.0. The van der Waals surface area contributed by atoms with Gasteiger partial charge in [-0.05, 0) is 37.3 Å². The summed E-state index contributed by atoms with van der Waals surface area (Å²) in [6.07, 6.45) is 0.708. The van der Waals surface area contributed by atoms with Gasteiger partial charge in [-0.2, -0.15) is 13.2 Å². The second-order valence-corrected chi connectivity index (χ2v) is 7.81. The van der Waals surface area contributed by atoms with Crippen LogP contribution in [0.1, 0.15) is 43.7 Å². The van der Waals surface area contributed by atoms with Crippen molar-refractivity contribution in [1.29, 1.82) is 0 Å². The van der Waals surface area contributed by atoms with Gasteiger partial charge in [0, 0.05) is 31.7 Å². The Hall–Kier alpha value is -1.80. The Kier molecular flexibility index (Phi) is 7.05. The predicted octanol–water partition coefficient (Wildman–Crippen LogP) is 3.78. The Labute approximate surface area is 170 Å². The number of rotatable bonds is 8. The molecule has 0 saturated heterocycles. The van der Waals surface area contributed by atoms with Gasteiger partial charge in [0.2, 0.25) is 0 Å². The van der Waals surface area contributed by atoms with Crippen molar-refractivity contribution in [2.24, 2.45) is 10.4 Å². The first-order valence-electron chi connectivity index (χ1n) is 10.2. The maximum Gasteiger partial charge on any atom is 0.411 e. The number of nitrogens with zero attached hydrogens (tertiary/aromatic N) is 1. The first kappa shape index (κ1) is 21.9. The van der Waals surface area contributed by atoms with Crippen molar-refractivity contribution in [2.75, 3.05) is 20.3 Å². The number of alkyl halides is 3. The predicted molar refractivity (Wildman–Crippen MR) is 106 cm³/mol. The number of hydrogen-bond donors (Lipinski definition) is 2. The van der Waals surface area contributed by atoms with Crippen LogP contribution >= 0.6 is 0 Å². The molecular formula is C21H30F3N3O2. The fourth-order valence-corrected chi connectivity index (χ4v) is 4.22. The maximum atomic E-state index is 12.1. The average Bonchev–Trinajstić information content (AvgIpc) is 2.62. The molecule has 2 fully saturated rings. The smallest absolute Gasteiger partial charge is 0.378 e. The Morgan fingerprint density at radius 2 is 1.90 bits per heavy atom. The average molecular weight is 413 g/mol. The van der Waals surface area contributed by atoms with Crippen molar-refractivity contribution in [3.05, 3.63) is 35.4 Å². The van der Waals surface area contributed by atoms with Crippen molar-refractivity contribution in [1.82, 2.24) is 10.6 Å². The second-order valence-electron chi connectivity index (χ2n) is 7.81. The van der Waals surface area contributed by atoms with Crippen LogP contribution in [0.5, 0.6) is 0 Å². The van der Waals surface area contributed by atoms with Crippen molar-refractivity contribution < 1.29 is 22.6 Å². The van der Waals surface area contributed by atoms with Gasteiger partial charge in [0.25, 0.3) is 0 Å². The second kappa shape index (κ2) is 9.34. The lowest BCUT2D eigenvalue weighted by Gasteiger charge is -2.61. The van der Waals surface area contributed by atoms with Gasteiger partial charge in [0.15, 0.2) is 5.96 Å². The summed E-state index contributed by atoms with van der Waals surface area (Å²) in [6, 6.07) is 7.71. The lowest BCUT2D eigenvalue weighted by Crippen LogP contribution is -2.68. The zero-order valence-electron chi connectivity index (χ0n) is 17.0. The SMILES string of the molecule is CCOC1CC(NC(=NC)NCc2ccc(COCC(F)(F)F)cc2)C12CCC2.